The van der Waals surface area contributed by atoms with Gasteiger partial charge >= 0.3 is 0 Å². The van der Waals surface area contributed by atoms with E-state index >= 15 is 0 Å². The zero-order chi connectivity index (χ0) is 17.5. The molecule has 5 nitrogen and oxygen atoms in total. The van der Waals surface area contributed by atoms with Crippen molar-refractivity contribution in [2.75, 3.05) is 18.5 Å². The lowest BCUT2D eigenvalue weighted by Crippen LogP contribution is -2.09. The molecular formula is C20H23N3O2. The summed E-state index contributed by atoms with van der Waals surface area (Å²) in [6, 6.07) is 16.1. The van der Waals surface area contributed by atoms with E-state index in [-0.39, 0.29) is 6.10 Å². The zero-order valence-electron chi connectivity index (χ0n) is 14.6. The Bertz CT molecular complexity index is 815. The molecule has 130 valence electrons. The Morgan fingerprint density at radius 3 is 2.76 bits per heavy atom. The second-order valence-electron chi connectivity index (χ2n) is 6.04. The highest BCUT2D eigenvalue weighted by atomic mass is 16.5. The van der Waals surface area contributed by atoms with Gasteiger partial charge in [0.1, 0.15) is 12.1 Å². The van der Waals surface area contributed by atoms with Crippen LogP contribution >= 0.6 is 0 Å². The Kier molecular flexibility index (Phi) is 5.93. The summed E-state index contributed by atoms with van der Waals surface area (Å²) in [7, 11) is 0. The lowest BCUT2D eigenvalue weighted by molar-refractivity contribution is 0.0143. The molecule has 0 aliphatic heterocycles. The smallest absolute Gasteiger partial charge is 0.141 e. The normalized spacial score (nSPS) is 11.2. The first-order chi connectivity index (χ1) is 12.2. The molecule has 25 heavy (non-hydrogen) atoms. The van der Waals surface area contributed by atoms with E-state index in [0.717, 1.165) is 28.0 Å². The van der Waals surface area contributed by atoms with Crippen molar-refractivity contribution in [1.29, 1.82) is 0 Å². The Morgan fingerprint density at radius 1 is 1.00 bits per heavy atom. The van der Waals surface area contributed by atoms with E-state index in [1.165, 1.54) is 0 Å². The molecule has 1 aromatic heterocycles. The third-order valence-electron chi connectivity index (χ3n) is 3.68. The van der Waals surface area contributed by atoms with E-state index in [4.69, 9.17) is 9.47 Å². The Hall–Kier alpha value is -2.50. The summed E-state index contributed by atoms with van der Waals surface area (Å²) in [4.78, 5) is 8.65. The van der Waals surface area contributed by atoms with Gasteiger partial charge in [-0.2, -0.15) is 0 Å². The molecule has 0 fully saturated rings. The van der Waals surface area contributed by atoms with Crippen LogP contribution in [0.3, 0.4) is 0 Å². The first-order valence-corrected chi connectivity index (χ1v) is 8.47. The third kappa shape index (κ3) is 4.98. The minimum atomic E-state index is 0.235. The molecule has 1 N–H and O–H groups in total. The number of anilines is 2. The van der Waals surface area contributed by atoms with Gasteiger partial charge in [-0.3, -0.25) is 0 Å². The minimum Gasteiger partial charge on any atom is -0.376 e. The standard InChI is InChI=1S/C20H23N3O2/c1-15(2)25-11-10-24-13-16-6-5-7-17(12-16)23-20-18-8-3-4-9-19(18)21-14-22-20/h3-9,12,14-15H,10-11,13H2,1-2H3,(H,21,22,23). The number of aromatic nitrogens is 2. The first kappa shape index (κ1) is 17.3. The van der Waals surface area contributed by atoms with Crippen molar-refractivity contribution in [2.24, 2.45) is 0 Å². The van der Waals surface area contributed by atoms with Crippen molar-refractivity contribution >= 4 is 22.4 Å². The molecular weight excluding hydrogens is 314 g/mol. The molecule has 0 radical (unpaired) electrons. The monoisotopic (exact) mass is 337 g/mol. The van der Waals surface area contributed by atoms with E-state index in [0.29, 0.717) is 19.8 Å². The lowest BCUT2D eigenvalue weighted by Gasteiger charge is -2.11. The minimum absolute atomic E-state index is 0.235. The third-order valence-corrected chi connectivity index (χ3v) is 3.68. The Morgan fingerprint density at radius 2 is 1.88 bits per heavy atom. The number of fused-ring (bicyclic) bond motifs is 1. The number of nitrogens with one attached hydrogen (secondary N) is 1. The predicted octanol–water partition coefficient (Wildman–Crippen LogP) is 4.32. The second-order valence-corrected chi connectivity index (χ2v) is 6.04. The van der Waals surface area contributed by atoms with Gasteiger partial charge < -0.3 is 14.8 Å². The van der Waals surface area contributed by atoms with E-state index in [2.05, 4.69) is 21.4 Å². The van der Waals surface area contributed by atoms with E-state index < -0.39 is 0 Å². The van der Waals surface area contributed by atoms with Crippen LogP contribution in [-0.2, 0) is 16.1 Å². The maximum absolute atomic E-state index is 5.67. The van der Waals surface area contributed by atoms with Gasteiger partial charge in [-0.15, -0.1) is 0 Å². The zero-order valence-corrected chi connectivity index (χ0v) is 14.6. The van der Waals surface area contributed by atoms with Gasteiger partial charge in [-0.25, -0.2) is 9.97 Å². The Balaban J connectivity index is 1.63. The summed E-state index contributed by atoms with van der Waals surface area (Å²) >= 11 is 0. The van der Waals surface area contributed by atoms with Crippen LogP contribution in [0.15, 0.2) is 54.9 Å². The molecule has 0 aliphatic rings. The van der Waals surface area contributed by atoms with Crippen LogP contribution < -0.4 is 5.32 Å². The van der Waals surface area contributed by atoms with Gasteiger partial charge in [0.2, 0.25) is 0 Å². The maximum atomic E-state index is 5.67. The molecule has 3 aromatic rings. The molecule has 0 saturated carbocycles. The maximum Gasteiger partial charge on any atom is 0.141 e. The Labute approximate surface area is 148 Å². The molecule has 3 rings (SSSR count). The van der Waals surface area contributed by atoms with Crippen LogP contribution in [0, 0.1) is 0 Å². The van der Waals surface area contributed by atoms with Crippen LogP contribution in [0.25, 0.3) is 10.9 Å². The summed E-state index contributed by atoms with van der Waals surface area (Å²) in [6.45, 7) is 5.80. The van der Waals surface area contributed by atoms with Crippen molar-refractivity contribution in [3.8, 4) is 0 Å². The molecule has 0 unspecified atom stereocenters. The number of nitrogens with zero attached hydrogens (tertiary/aromatic N) is 2. The number of benzene rings is 2. The van der Waals surface area contributed by atoms with Crippen LogP contribution in [-0.4, -0.2) is 29.3 Å². The fourth-order valence-corrected chi connectivity index (χ4v) is 2.51. The van der Waals surface area contributed by atoms with Gasteiger partial charge in [0.25, 0.3) is 0 Å². The average molecular weight is 337 g/mol. The molecule has 2 aromatic carbocycles. The average Bonchev–Trinajstić information content (AvgIpc) is 2.62. The number of ether oxygens (including phenoxy) is 2. The van der Waals surface area contributed by atoms with E-state index in [1.807, 2.05) is 56.3 Å². The van der Waals surface area contributed by atoms with Crippen molar-refractivity contribution in [3.63, 3.8) is 0 Å². The predicted molar refractivity (Wildman–Crippen MR) is 100 cm³/mol. The topological polar surface area (TPSA) is 56.3 Å². The summed E-state index contributed by atoms with van der Waals surface area (Å²) in [5.41, 5.74) is 3.00. The molecule has 0 saturated heterocycles. The second kappa shape index (κ2) is 8.55. The quantitative estimate of drug-likeness (QED) is 0.621. The highest BCUT2D eigenvalue weighted by Gasteiger charge is 2.04. The molecule has 1 heterocycles. The van der Waals surface area contributed by atoms with Gasteiger partial charge in [-0.1, -0.05) is 24.3 Å². The molecule has 5 heteroatoms. The van der Waals surface area contributed by atoms with Crippen LogP contribution in [0.5, 0.6) is 0 Å². The lowest BCUT2D eigenvalue weighted by atomic mass is 10.2. The fraction of sp³-hybridized carbons (Fsp3) is 0.300. The van der Waals surface area contributed by atoms with Crippen LogP contribution in [0.4, 0.5) is 11.5 Å². The summed E-state index contributed by atoms with van der Waals surface area (Å²) in [6.07, 6.45) is 1.81. The van der Waals surface area contributed by atoms with Crippen molar-refractivity contribution < 1.29 is 9.47 Å². The van der Waals surface area contributed by atoms with Crippen LogP contribution in [0.1, 0.15) is 19.4 Å². The largest absolute Gasteiger partial charge is 0.376 e. The van der Waals surface area contributed by atoms with Crippen molar-refractivity contribution in [1.82, 2.24) is 9.97 Å². The van der Waals surface area contributed by atoms with E-state index in [9.17, 15) is 0 Å². The highest BCUT2D eigenvalue weighted by molar-refractivity contribution is 5.90. The van der Waals surface area contributed by atoms with Gasteiger partial charge in [-0.05, 0) is 43.7 Å². The summed E-state index contributed by atoms with van der Waals surface area (Å²) in [5.74, 6) is 0.800. The molecule has 0 atom stereocenters. The first-order valence-electron chi connectivity index (χ1n) is 8.47. The van der Waals surface area contributed by atoms with Crippen LogP contribution in [0.2, 0.25) is 0 Å². The summed E-state index contributed by atoms with van der Waals surface area (Å²) in [5, 5.41) is 4.37. The number of hydrogen-bond acceptors (Lipinski definition) is 5. The van der Waals surface area contributed by atoms with Crippen molar-refractivity contribution in [2.45, 2.75) is 26.6 Å². The molecule has 0 aliphatic carbocycles. The van der Waals surface area contributed by atoms with Gasteiger partial charge in [0.15, 0.2) is 0 Å². The molecule has 0 amide bonds. The fourth-order valence-electron chi connectivity index (χ4n) is 2.51. The summed E-state index contributed by atoms with van der Waals surface area (Å²) < 4.78 is 11.1. The van der Waals surface area contributed by atoms with E-state index in [1.54, 1.807) is 6.33 Å². The molecule has 0 bridgehead atoms. The number of para-hydroxylation sites is 1. The number of hydrogen-bond donors (Lipinski definition) is 1. The van der Waals surface area contributed by atoms with Gasteiger partial charge in [0, 0.05) is 11.1 Å². The highest BCUT2D eigenvalue weighted by Crippen LogP contribution is 2.23. The van der Waals surface area contributed by atoms with Gasteiger partial charge in [0.05, 0.1) is 31.4 Å². The van der Waals surface area contributed by atoms with Crippen molar-refractivity contribution in [3.05, 3.63) is 60.4 Å². The SMILES string of the molecule is CC(C)OCCOCc1cccc(Nc2ncnc3ccccc23)c1. The number of rotatable bonds is 8. The molecule has 0 spiro atoms.